The van der Waals surface area contributed by atoms with E-state index in [1.807, 2.05) is 48.5 Å². The molecule has 0 saturated carbocycles. The highest BCUT2D eigenvalue weighted by atomic mass is 16.3. The Balaban J connectivity index is 1.85. The van der Waals surface area contributed by atoms with Crippen molar-refractivity contribution >= 4 is 5.69 Å². The average Bonchev–Trinajstić information content (AvgIpc) is 3.02. The van der Waals surface area contributed by atoms with Gasteiger partial charge in [-0.15, -0.1) is 0 Å². The van der Waals surface area contributed by atoms with Crippen LogP contribution in [-0.4, -0.2) is 17.7 Å². The lowest BCUT2D eigenvalue weighted by Gasteiger charge is -2.25. The van der Waals surface area contributed by atoms with Crippen LogP contribution < -0.4 is 4.90 Å². The summed E-state index contributed by atoms with van der Waals surface area (Å²) in [6.07, 6.45) is 2.23. The Morgan fingerprint density at radius 2 is 1.81 bits per heavy atom. The zero-order valence-corrected chi connectivity index (χ0v) is 12.0. The van der Waals surface area contributed by atoms with Crippen molar-refractivity contribution in [3.05, 3.63) is 65.7 Å². The lowest BCUT2D eigenvalue weighted by Crippen LogP contribution is -2.28. The number of rotatable bonds is 2. The lowest BCUT2D eigenvalue weighted by atomic mass is 10.1. The van der Waals surface area contributed by atoms with Crippen LogP contribution in [0.5, 0.6) is 0 Å². The van der Waals surface area contributed by atoms with Crippen LogP contribution in [0.3, 0.4) is 0 Å². The molecule has 0 aromatic heterocycles. The minimum Gasteiger partial charge on any atom is -0.392 e. The Morgan fingerprint density at radius 3 is 2.62 bits per heavy atom. The summed E-state index contributed by atoms with van der Waals surface area (Å²) in [5.41, 5.74) is 3.15. The van der Waals surface area contributed by atoms with Crippen LogP contribution in [0.15, 0.2) is 54.6 Å². The van der Waals surface area contributed by atoms with Crippen LogP contribution in [0, 0.1) is 11.8 Å². The Labute approximate surface area is 126 Å². The molecule has 1 N–H and O–H groups in total. The van der Waals surface area contributed by atoms with Gasteiger partial charge < -0.3 is 10.0 Å². The molecule has 0 spiro atoms. The van der Waals surface area contributed by atoms with Crippen LogP contribution >= 0.6 is 0 Å². The van der Waals surface area contributed by atoms with Gasteiger partial charge in [0.1, 0.15) is 0 Å². The van der Waals surface area contributed by atoms with E-state index < -0.39 is 0 Å². The second-order valence-electron chi connectivity index (χ2n) is 5.27. The SMILES string of the molecule is OCc1ccccc1N1CCCC1C#Cc1ccccc1. The van der Waals surface area contributed by atoms with Gasteiger partial charge in [0, 0.05) is 23.4 Å². The summed E-state index contributed by atoms with van der Waals surface area (Å²) in [5.74, 6) is 6.66. The standard InChI is InChI=1S/C19H19NO/c21-15-17-9-4-5-11-19(17)20-14-6-10-18(20)13-12-16-7-2-1-3-8-16/h1-5,7-9,11,18,21H,6,10,14-15H2. The molecule has 106 valence electrons. The minimum absolute atomic E-state index is 0.0749. The third-order valence-electron chi connectivity index (χ3n) is 3.88. The highest BCUT2D eigenvalue weighted by Gasteiger charge is 2.24. The van der Waals surface area contributed by atoms with Crippen molar-refractivity contribution in [1.82, 2.24) is 0 Å². The number of para-hydroxylation sites is 1. The fraction of sp³-hybridized carbons (Fsp3) is 0.263. The fourth-order valence-corrected chi connectivity index (χ4v) is 2.82. The Hall–Kier alpha value is -2.24. The number of hydrogen-bond acceptors (Lipinski definition) is 2. The summed E-state index contributed by atoms with van der Waals surface area (Å²) in [4.78, 5) is 2.32. The third kappa shape index (κ3) is 3.09. The first-order valence-electron chi connectivity index (χ1n) is 7.40. The van der Waals surface area contributed by atoms with Gasteiger partial charge in [-0.3, -0.25) is 0 Å². The molecule has 2 nitrogen and oxygen atoms in total. The summed E-state index contributed by atoms with van der Waals surface area (Å²) in [6.45, 7) is 1.08. The smallest absolute Gasteiger partial charge is 0.0908 e. The van der Waals surface area contributed by atoms with Gasteiger partial charge >= 0.3 is 0 Å². The lowest BCUT2D eigenvalue weighted by molar-refractivity contribution is 0.282. The molecule has 1 heterocycles. The van der Waals surface area contributed by atoms with Gasteiger partial charge in [0.05, 0.1) is 12.6 Å². The molecule has 1 aliphatic heterocycles. The molecule has 1 unspecified atom stereocenters. The molecular weight excluding hydrogens is 258 g/mol. The normalized spacial score (nSPS) is 17.4. The van der Waals surface area contributed by atoms with E-state index in [1.165, 1.54) is 0 Å². The van der Waals surface area contributed by atoms with E-state index in [1.54, 1.807) is 0 Å². The maximum absolute atomic E-state index is 9.51. The average molecular weight is 277 g/mol. The number of anilines is 1. The van der Waals surface area contributed by atoms with E-state index in [9.17, 15) is 5.11 Å². The monoisotopic (exact) mass is 277 g/mol. The van der Waals surface area contributed by atoms with E-state index in [-0.39, 0.29) is 12.6 Å². The summed E-state index contributed by atoms with van der Waals surface area (Å²) < 4.78 is 0. The molecule has 1 saturated heterocycles. The van der Waals surface area contributed by atoms with Crippen molar-refractivity contribution in [3.63, 3.8) is 0 Å². The van der Waals surface area contributed by atoms with Gasteiger partial charge in [-0.05, 0) is 31.0 Å². The summed E-state index contributed by atoms with van der Waals surface area (Å²) in [6, 6.07) is 18.4. The zero-order valence-electron chi connectivity index (χ0n) is 12.0. The van der Waals surface area contributed by atoms with Crippen LogP contribution in [0.2, 0.25) is 0 Å². The second-order valence-corrected chi connectivity index (χ2v) is 5.27. The van der Waals surface area contributed by atoms with Crippen molar-refractivity contribution in [3.8, 4) is 11.8 Å². The number of nitrogens with zero attached hydrogens (tertiary/aromatic N) is 1. The molecule has 3 rings (SSSR count). The zero-order chi connectivity index (χ0) is 14.5. The topological polar surface area (TPSA) is 23.5 Å². The van der Waals surface area contributed by atoms with E-state index in [2.05, 4.69) is 22.8 Å². The molecule has 1 aliphatic rings. The van der Waals surface area contributed by atoms with Crippen LogP contribution in [0.1, 0.15) is 24.0 Å². The fourth-order valence-electron chi connectivity index (χ4n) is 2.82. The highest BCUT2D eigenvalue weighted by molar-refractivity contribution is 5.56. The minimum atomic E-state index is 0.0749. The molecule has 0 aliphatic carbocycles. The van der Waals surface area contributed by atoms with E-state index in [4.69, 9.17) is 0 Å². The molecule has 0 radical (unpaired) electrons. The van der Waals surface area contributed by atoms with Crippen LogP contribution in [0.4, 0.5) is 5.69 Å². The molecule has 2 heteroatoms. The van der Waals surface area contributed by atoms with Gasteiger partial charge in [-0.2, -0.15) is 0 Å². The molecule has 2 aromatic rings. The van der Waals surface area contributed by atoms with Crippen molar-refractivity contribution in [2.75, 3.05) is 11.4 Å². The highest BCUT2D eigenvalue weighted by Crippen LogP contribution is 2.28. The summed E-state index contributed by atoms with van der Waals surface area (Å²) in [5, 5.41) is 9.51. The molecule has 1 atom stereocenters. The van der Waals surface area contributed by atoms with Crippen molar-refractivity contribution in [2.45, 2.75) is 25.5 Å². The van der Waals surface area contributed by atoms with Gasteiger partial charge in [-0.25, -0.2) is 0 Å². The van der Waals surface area contributed by atoms with Gasteiger partial charge in [0.2, 0.25) is 0 Å². The second kappa shape index (κ2) is 6.47. The molecular formula is C19H19NO. The van der Waals surface area contributed by atoms with Crippen molar-refractivity contribution < 1.29 is 5.11 Å². The van der Waals surface area contributed by atoms with Gasteiger partial charge in [0.15, 0.2) is 0 Å². The summed E-state index contributed by atoms with van der Waals surface area (Å²) >= 11 is 0. The Morgan fingerprint density at radius 1 is 1.05 bits per heavy atom. The van der Waals surface area contributed by atoms with Crippen LogP contribution in [-0.2, 0) is 6.61 Å². The predicted molar refractivity (Wildman–Crippen MR) is 86.1 cm³/mol. The van der Waals surface area contributed by atoms with Crippen molar-refractivity contribution in [1.29, 1.82) is 0 Å². The first kappa shape index (κ1) is 13.7. The number of aliphatic hydroxyl groups is 1. The Kier molecular flexibility index (Phi) is 4.23. The van der Waals surface area contributed by atoms with Gasteiger partial charge in [-0.1, -0.05) is 48.2 Å². The van der Waals surface area contributed by atoms with E-state index in [0.717, 1.165) is 36.2 Å². The van der Waals surface area contributed by atoms with Gasteiger partial charge in [0.25, 0.3) is 0 Å². The largest absolute Gasteiger partial charge is 0.392 e. The van der Waals surface area contributed by atoms with E-state index in [0.29, 0.717) is 0 Å². The molecule has 2 aromatic carbocycles. The van der Waals surface area contributed by atoms with Crippen molar-refractivity contribution in [2.24, 2.45) is 0 Å². The predicted octanol–water partition coefficient (Wildman–Crippen LogP) is 3.20. The Bertz CT molecular complexity index is 654. The maximum atomic E-state index is 9.51. The number of benzene rings is 2. The third-order valence-corrected chi connectivity index (χ3v) is 3.88. The molecule has 21 heavy (non-hydrogen) atoms. The van der Waals surface area contributed by atoms with E-state index >= 15 is 0 Å². The quantitative estimate of drug-likeness (QED) is 0.852. The first-order valence-corrected chi connectivity index (χ1v) is 7.40. The molecule has 0 amide bonds. The van der Waals surface area contributed by atoms with Crippen LogP contribution in [0.25, 0.3) is 0 Å². The number of aliphatic hydroxyl groups excluding tert-OH is 1. The maximum Gasteiger partial charge on any atom is 0.0908 e. The summed E-state index contributed by atoms with van der Waals surface area (Å²) in [7, 11) is 0. The number of hydrogen-bond donors (Lipinski definition) is 1. The molecule has 0 bridgehead atoms. The molecule has 1 fully saturated rings. The first-order chi connectivity index (χ1) is 10.4.